The fraction of sp³-hybridized carbons (Fsp3) is 0.440. The third kappa shape index (κ3) is 5.21. The van der Waals surface area contributed by atoms with Crippen molar-refractivity contribution in [2.45, 2.75) is 47.0 Å². The highest BCUT2D eigenvalue weighted by molar-refractivity contribution is 5.96. The summed E-state index contributed by atoms with van der Waals surface area (Å²) in [4.78, 5) is 24.1. The van der Waals surface area contributed by atoms with Crippen LogP contribution in [0, 0.1) is 12.8 Å². The molecule has 0 amide bonds. The van der Waals surface area contributed by atoms with Crippen LogP contribution in [0.15, 0.2) is 30.3 Å². The molecular formula is C25H30O5. The largest absolute Gasteiger partial charge is 0.490 e. The van der Waals surface area contributed by atoms with Crippen LogP contribution < -0.4 is 9.47 Å². The van der Waals surface area contributed by atoms with Gasteiger partial charge in [-0.25, -0.2) is 4.79 Å². The van der Waals surface area contributed by atoms with Crippen LogP contribution in [0.25, 0.3) is 11.1 Å². The molecule has 0 aromatic heterocycles. The van der Waals surface area contributed by atoms with Gasteiger partial charge in [-0.1, -0.05) is 37.3 Å². The first-order valence-electron chi connectivity index (χ1n) is 10.6. The molecule has 0 unspecified atom stereocenters. The third-order valence-electron chi connectivity index (χ3n) is 5.29. The van der Waals surface area contributed by atoms with Gasteiger partial charge in [-0.15, -0.1) is 0 Å². The summed E-state index contributed by atoms with van der Waals surface area (Å²) < 4.78 is 17.1. The molecule has 0 aliphatic heterocycles. The number of carbonyl (C=O) groups is 2. The maximum atomic E-state index is 12.1. The summed E-state index contributed by atoms with van der Waals surface area (Å²) in [6.45, 7) is 8.24. The van der Waals surface area contributed by atoms with Crippen molar-refractivity contribution in [2.24, 2.45) is 5.92 Å². The molecule has 1 aliphatic carbocycles. The maximum absolute atomic E-state index is 12.1. The van der Waals surface area contributed by atoms with Crippen molar-refractivity contribution in [3.63, 3.8) is 0 Å². The highest BCUT2D eigenvalue weighted by Gasteiger charge is 2.24. The van der Waals surface area contributed by atoms with E-state index in [1.165, 1.54) is 0 Å². The van der Waals surface area contributed by atoms with Crippen molar-refractivity contribution in [2.75, 3.05) is 19.8 Å². The van der Waals surface area contributed by atoms with E-state index in [1.54, 1.807) is 6.92 Å². The molecule has 5 nitrogen and oxygen atoms in total. The smallest absolute Gasteiger partial charge is 0.344 e. The summed E-state index contributed by atoms with van der Waals surface area (Å²) in [7, 11) is 0. The van der Waals surface area contributed by atoms with Crippen LogP contribution in [0.1, 0.15) is 55.1 Å². The predicted molar refractivity (Wildman–Crippen MR) is 116 cm³/mol. The van der Waals surface area contributed by atoms with Crippen LogP contribution in [0.3, 0.4) is 0 Å². The van der Waals surface area contributed by atoms with Crippen molar-refractivity contribution in [3.8, 4) is 22.6 Å². The molecule has 160 valence electrons. The summed E-state index contributed by atoms with van der Waals surface area (Å²) in [5.74, 6) is 1.33. The van der Waals surface area contributed by atoms with E-state index in [2.05, 4.69) is 0 Å². The first-order chi connectivity index (χ1) is 14.4. The number of benzene rings is 2. The molecule has 0 radical (unpaired) electrons. The molecule has 30 heavy (non-hydrogen) atoms. The second kappa shape index (κ2) is 9.79. The fourth-order valence-corrected chi connectivity index (χ4v) is 3.42. The molecule has 0 saturated heterocycles. The molecule has 2 aromatic rings. The van der Waals surface area contributed by atoms with E-state index >= 15 is 0 Å². The van der Waals surface area contributed by atoms with E-state index in [4.69, 9.17) is 14.2 Å². The van der Waals surface area contributed by atoms with E-state index in [1.807, 2.05) is 51.1 Å². The molecule has 0 spiro atoms. The topological polar surface area (TPSA) is 61.8 Å². The van der Waals surface area contributed by atoms with Gasteiger partial charge in [-0.3, -0.25) is 4.79 Å². The average molecular weight is 411 g/mol. The minimum Gasteiger partial charge on any atom is -0.490 e. The van der Waals surface area contributed by atoms with Crippen molar-refractivity contribution >= 4 is 11.8 Å². The summed E-state index contributed by atoms with van der Waals surface area (Å²) in [6, 6.07) is 9.71. The lowest BCUT2D eigenvalue weighted by molar-refractivity contribution is -0.146. The first-order valence-corrected chi connectivity index (χ1v) is 10.6. The van der Waals surface area contributed by atoms with E-state index in [0.29, 0.717) is 30.6 Å². The monoisotopic (exact) mass is 410 g/mol. The van der Waals surface area contributed by atoms with E-state index < -0.39 is 0 Å². The highest BCUT2D eigenvalue weighted by Crippen LogP contribution is 2.41. The zero-order valence-corrected chi connectivity index (χ0v) is 18.2. The maximum Gasteiger partial charge on any atom is 0.344 e. The lowest BCUT2D eigenvalue weighted by atomic mass is 9.95. The Morgan fingerprint density at radius 1 is 1.03 bits per heavy atom. The molecule has 3 rings (SSSR count). The quantitative estimate of drug-likeness (QED) is 0.400. The summed E-state index contributed by atoms with van der Waals surface area (Å²) >= 11 is 0. The van der Waals surface area contributed by atoms with Crippen LogP contribution in [-0.4, -0.2) is 31.6 Å². The van der Waals surface area contributed by atoms with Gasteiger partial charge in [0.1, 0.15) is 0 Å². The number of hydrogen-bond acceptors (Lipinski definition) is 5. The average Bonchev–Trinajstić information content (AvgIpc) is 3.56. The molecule has 2 aromatic carbocycles. The van der Waals surface area contributed by atoms with Gasteiger partial charge in [0, 0.05) is 11.1 Å². The molecule has 0 heterocycles. The molecule has 1 saturated carbocycles. The molecular weight excluding hydrogens is 380 g/mol. The van der Waals surface area contributed by atoms with Crippen LogP contribution in [-0.2, 0) is 16.0 Å². The Kier molecular flexibility index (Phi) is 7.14. The first kappa shape index (κ1) is 21.9. The second-order valence-corrected chi connectivity index (χ2v) is 7.72. The van der Waals surface area contributed by atoms with Gasteiger partial charge >= 0.3 is 5.97 Å². The molecule has 0 N–H and O–H groups in total. The van der Waals surface area contributed by atoms with Gasteiger partial charge in [0.15, 0.2) is 23.9 Å². The fourth-order valence-electron chi connectivity index (χ4n) is 3.42. The highest BCUT2D eigenvalue weighted by atomic mass is 16.6. The third-order valence-corrected chi connectivity index (χ3v) is 5.29. The molecule has 1 fully saturated rings. The number of ether oxygens (including phenoxy) is 3. The molecule has 0 bridgehead atoms. The van der Waals surface area contributed by atoms with Crippen LogP contribution >= 0.6 is 0 Å². The van der Waals surface area contributed by atoms with Crippen molar-refractivity contribution in [3.05, 3.63) is 47.0 Å². The van der Waals surface area contributed by atoms with Crippen LogP contribution in [0.2, 0.25) is 0 Å². The van der Waals surface area contributed by atoms with Gasteiger partial charge < -0.3 is 14.2 Å². The minimum absolute atomic E-state index is 0.0483. The Hall–Kier alpha value is -2.82. The summed E-state index contributed by atoms with van der Waals surface area (Å²) in [5, 5.41) is 0. The summed E-state index contributed by atoms with van der Waals surface area (Å²) in [6.07, 6.45) is 3.00. The minimum atomic E-state index is -0.377. The van der Waals surface area contributed by atoms with Crippen molar-refractivity contribution in [1.82, 2.24) is 0 Å². The van der Waals surface area contributed by atoms with Gasteiger partial charge in [0.05, 0.1) is 13.2 Å². The van der Waals surface area contributed by atoms with Crippen molar-refractivity contribution in [1.29, 1.82) is 0 Å². The molecule has 5 heteroatoms. The van der Waals surface area contributed by atoms with E-state index in [-0.39, 0.29) is 18.4 Å². The number of ketones is 1. The lowest BCUT2D eigenvalue weighted by Gasteiger charge is -2.19. The predicted octanol–water partition coefficient (Wildman–Crippen LogP) is 5.16. The van der Waals surface area contributed by atoms with Gasteiger partial charge in [0.25, 0.3) is 0 Å². The Balaban J connectivity index is 1.93. The van der Waals surface area contributed by atoms with Crippen LogP contribution in [0.5, 0.6) is 11.5 Å². The van der Waals surface area contributed by atoms with Crippen molar-refractivity contribution < 1.29 is 23.8 Å². The van der Waals surface area contributed by atoms with Crippen LogP contribution in [0.4, 0.5) is 0 Å². The molecule has 0 atom stereocenters. The Morgan fingerprint density at radius 2 is 1.80 bits per heavy atom. The van der Waals surface area contributed by atoms with Gasteiger partial charge in [-0.2, -0.15) is 0 Å². The number of rotatable bonds is 10. The van der Waals surface area contributed by atoms with Gasteiger partial charge in [0.2, 0.25) is 0 Å². The standard InChI is InChI=1S/C25H30O5/c1-5-19-13-20(10-12-21(19)17(4)26)22-11-7-16(3)24(28-6-2)25(22)30-15-23(27)29-14-18-8-9-18/h7,10-13,18H,5-6,8-9,14-15H2,1-4H3. The van der Waals surface area contributed by atoms with E-state index in [0.717, 1.165) is 47.1 Å². The summed E-state index contributed by atoms with van der Waals surface area (Å²) in [5.41, 5.74) is 4.37. The number of carbonyl (C=O) groups excluding carboxylic acids is 2. The zero-order valence-electron chi connectivity index (χ0n) is 18.2. The Bertz CT molecular complexity index is 927. The Morgan fingerprint density at radius 3 is 2.43 bits per heavy atom. The zero-order chi connectivity index (χ0) is 21.7. The SMILES string of the molecule is CCOc1c(C)ccc(-c2ccc(C(C)=O)c(CC)c2)c1OCC(=O)OCC1CC1. The Labute approximate surface area is 178 Å². The number of hydrogen-bond donors (Lipinski definition) is 0. The lowest BCUT2D eigenvalue weighted by Crippen LogP contribution is -2.17. The second-order valence-electron chi connectivity index (χ2n) is 7.72. The number of aryl methyl sites for hydroxylation is 2. The number of esters is 1. The van der Waals surface area contributed by atoms with Gasteiger partial charge in [-0.05, 0) is 62.6 Å². The van der Waals surface area contributed by atoms with E-state index in [9.17, 15) is 9.59 Å². The number of Topliss-reactive ketones (excluding diaryl/α,β-unsaturated/α-hetero) is 1. The molecule has 1 aliphatic rings. The normalized spacial score (nSPS) is 13.1.